The summed E-state index contributed by atoms with van der Waals surface area (Å²) in [6.07, 6.45) is -0.0857. The van der Waals surface area contributed by atoms with Crippen LogP contribution in [0.15, 0.2) is 24.3 Å². The third kappa shape index (κ3) is 3.30. The maximum atomic E-state index is 13.1. The van der Waals surface area contributed by atoms with Crippen LogP contribution in [0.25, 0.3) is 0 Å². The molecule has 1 aromatic carbocycles. The van der Waals surface area contributed by atoms with E-state index in [1.807, 2.05) is 11.8 Å². The summed E-state index contributed by atoms with van der Waals surface area (Å²) in [5.74, 6) is -0.361. The minimum Gasteiger partial charge on any atom is -0.387 e. The fourth-order valence-electron chi connectivity index (χ4n) is 2.47. The summed E-state index contributed by atoms with van der Waals surface area (Å²) < 4.78 is 13.1. The zero-order chi connectivity index (χ0) is 13.8. The van der Waals surface area contributed by atoms with Crippen molar-refractivity contribution in [1.29, 1.82) is 0 Å². The first-order chi connectivity index (χ1) is 9.11. The number of rotatable bonds is 4. The molecule has 2 N–H and O–H groups in total. The highest BCUT2D eigenvalue weighted by Crippen LogP contribution is 2.18. The summed E-state index contributed by atoms with van der Waals surface area (Å²) in [6, 6.07) is 5.74. The van der Waals surface area contributed by atoms with Crippen LogP contribution in [-0.4, -0.2) is 41.6 Å². The van der Waals surface area contributed by atoms with Crippen LogP contribution in [0.1, 0.15) is 25.0 Å². The van der Waals surface area contributed by atoms with Crippen LogP contribution in [0.3, 0.4) is 0 Å². The second kappa shape index (κ2) is 6.12. The van der Waals surface area contributed by atoms with E-state index in [0.717, 1.165) is 0 Å². The molecule has 1 aromatic rings. The Kier molecular flexibility index (Phi) is 4.50. The molecule has 1 aliphatic heterocycles. The van der Waals surface area contributed by atoms with Crippen molar-refractivity contribution < 1.29 is 14.3 Å². The maximum Gasteiger partial charge on any atom is 0.237 e. The zero-order valence-corrected chi connectivity index (χ0v) is 11.0. The van der Waals surface area contributed by atoms with Crippen molar-refractivity contribution in [3.63, 3.8) is 0 Å². The number of hydrogen-bond acceptors (Lipinski definition) is 3. The highest BCUT2D eigenvalue weighted by atomic mass is 19.1. The lowest BCUT2D eigenvalue weighted by Gasteiger charge is -2.35. The van der Waals surface area contributed by atoms with E-state index < -0.39 is 6.10 Å². The standard InChI is InChI=1S/C14H19FN2O2/c1-2-12-14(19)16-6-7-17(12)9-13(18)10-4-3-5-11(15)8-10/h3-5,8,12-13,18H,2,6-7,9H2,1H3,(H,16,19)/t12-,13-/m0/s1. The van der Waals surface area contributed by atoms with Gasteiger partial charge in [-0.05, 0) is 24.1 Å². The van der Waals surface area contributed by atoms with Gasteiger partial charge in [-0.15, -0.1) is 0 Å². The van der Waals surface area contributed by atoms with Crippen molar-refractivity contribution in [2.75, 3.05) is 19.6 Å². The van der Waals surface area contributed by atoms with Gasteiger partial charge in [0.1, 0.15) is 5.82 Å². The van der Waals surface area contributed by atoms with Gasteiger partial charge in [-0.3, -0.25) is 9.69 Å². The normalized spacial score (nSPS) is 22.1. The van der Waals surface area contributed by atoms with Gasteiger partial charge in [-0.2, -0.15) is 0 Å². The first-order valence-corrected chi connectivity index (χ1v) is 6.57. The number of piperazine rings is 1. The molecule has 1 heterocycles. The number of halogens is 1. The summed E-state index contributed by atoms with van der Waals surface area (Å²) >= 11 is 0. The molecule has 1 saturated heterocycles. The smallest absolute Gasteiger partial charge is 0.237 e. The minimum atomic E-state index is -0.782. The third-order valence-corrected chi connectivity index (χ3v) is 3.47. The molecule has 0 bridgehead atoms. The Balaban J connectivity index is 2.05. The van der Waals surface area contributed by atoms with E-state index in [0.29, 0.717) is 31.6 Å². The number of nitrogens with one attached hydrogen (secondary N) is 1. The fourth-order valence-corrected chi connectivity index (χ4v) is 2.47. The summed E-state index contributed by atoms with van der Waals surface area (Å²) in [7, 11) is 0. The summed E-state index contributed by atoms with van der Waals surface area (Å²) in [6.45, 7) is 3.58. The number of carbonyl (C=O) groups is 1. The van der Waals surface area contributed by atoms with Crippen molar-refractivity contribution >= 4 is 5.91 Å². The van der Waals surface area contributed by atoms with Gasteiger partial charge in [-0.25, -0.2) is 4.39 Å². The Hall–Kier alpha value is -1.46. The number of nitrogens with zero attached hydrogens (tertiary/aromatic N) is 1. The van der Waals surface area contributed by atoms with Crippen LogP contribution >= 0.6 is 0 Å². The Bertz CT molecular complexity index is 453. The predicted octanol–water partition coefficient (Wildman–Crippen LogP) is 1.07. The van der Waals surface area contributed by atoms with Crippen LogP contribution in [0.4, 0.5) is 4.39 Å². The fraction of sp³-hybridized carbons (Fsp3) is 0.500. The molecule has 1 amide bonds. The van der Waals surface area contributed by atoms with Crippen molar-refractivity contribution in [2.24, 2.45) is 0 Å². The maximum absolute atomic E-state index is 13.1. The van der Waals surface area contributed by atoms with E-state index in [4.69, 9.17) is 0 Å². The van der Waals surface area contributed by atoms with Crippen LogP contribution in [0.2, 0.25) is 0 Å². The number of hydrogen-bond donors (Lipinski definition) is 2. The molecule has 0 aromatic heterocycles. The Morgan fingerprint density at radius 3 is 3.05 bits per heavy atom. The molecule has 4 nitrogen and oxygen atoms in total. The molecule has 5 heteroatoms. The molecule has 104 valence electrons. The Morgan fingerprint density at radius 1 is 1.58 bits per heavy atom. The molecule has 0 spiro atoms. The minimum absolute atomic E-state index is 0.000178. The average Bonchev–Trinajstić information content (AvgIpc) is 2.39. The van der Waals surface area contributed by atoms with E-state index in [-0.39, 0.29) is 17.8 Å². The average molecular weight is 266 g/mol. The van der Waals surface area contributed by atoms with Crippen LogP contribution in [0, 0.1) is 5.82 Å². The molecule has 0 radical (unpaired) electrons. The molecule has 0 aliphatic carbocycles. The molecule has 0 unspecified atom stereocenters. The van der Waals surface area contributed by atoms with E-state index in [1.165, 1.54) is 12.1 Å². The van der Waals surface area contributed by atoms with Gasteiger partial charge in [0, 0.05) is 19.6 Å². The monoisotopic (exact) mass is 266 g/mol. The molecular formula is C14H19FN2O2. The van der Waals surface area contributed by atoms with Crippen molar-refractivity contribution in [3.05, 3.63) is 35.6 Å². The van der Waals surface area contributed by atoms with Gasteiger partial charge in [0.05, 0.1) is 12.1 Å². The zero-order valence-electron chi connectivity index (χ0n) is 11.0. The van der Waals surface area contributed by atoms with E-state index in [1.54, 1.807) is 12.1 Å². The molecule has 19 heavy (non-hydrogen) atoms. The first kappa shape index (κ1) is 14.0. The van der Waals surface area contributed by atoms with Crippen LogP contribution in [-0.2, 0) is 4.79 Å². The predicted molar refractivity (Wildman–Crippen MR) is 70.0 cm³/mol. The van der Waals surface area contributed by atoms with Crippen molar-refractivity contribution in [1.82, 2.24) is 10.2 Å². The number of aliphatic hydroxyl groups is 1. The van der Waals surface area contributed by atoms with Crippen LogP contribution < -0.4 is 5.32 Å². The number of benzene rings is 1. The van der Waals surface area contributed by atoms with E-state index in [9.17, 15) is 14.3 Å². The first-order valence-electron chi connectivity index (χ1n) is 6.57. The molecule has 2 atom stereocenters. The van der Waals surface area contributed by atoms with Gasteiger partial charge in [-0.1, -0.05) is 19.1 Å². The SMILES string of the molecule is CC[C@H]1C(=O)NCCN1C[C@H](O)c1cccc(F)c1. The van der Waals surface area contributed by atoms with Crippen molar-refractivity contribution in [3.8, 4) is 0 Å². The van der Waals surface area contributed by atoms with Gasteiger partial charge in [0.2, 0.25) is 5.91 Å². The number of aliphatic hydroxyl groups excluding tert-OH is 1. The van der Waals surface area contributed by atoms with E-state index >= 15 is 0 Å². The third-order valence-electron chi connectivity index (χ3n) is 3.47. The number of β-amino-alcohol motifs (C(OH)–C–C–N with tert-alkyl or cyclic N) is 1. The Labute approximate surface area is 112 Å². The largest absolute Gasteiger partial charge is 0.387 e. The van der Waals surface area contributed by atoms with E-state index in [2.05, 4.69) is 5.32 Å². The van der Waals surface area contributed by atoms with Gasteiger partial charge in [0.25, 0.3) is 0 Å². The van der Waals surface area contributed by atoms with Gasteiger partial charge in [0.15, 0.2) is 0 Å². The van der Waals surface area contributed by atoms with Crippen molar-refractivity contribution in [2.45, 2.75) is 25.5 Å². The highest BCUT2D eigenvalue weighted by molar-refractivity contribution is 5.82. The quantitative estimate of drug-likeness (QED) is 0.857. The van der Waals surface area contributed by atoms with Crippen LogP contribution in [0.5, 0.6) is 0 Å². The van der Waals surface area contributed by atoms with Gasteiger partial charge >= 0.3 is 0 Å². The van der Waals surface area contributed by atoms with Gasteiger partial charge < -0.3 is 10.4 Å². The second-order valence-electron chi connectivity index (χ2n) is 4.78. The molecular weight excluding hydrogens is 247 g/mol. The Morgan fingerprint density at radius 2 is 2.37 bits per heavy atom. The lowest BCUT2D eigenvalue weighted by atomic mass is 10.1. The molecule has 0 saturated carbocycles. The summed E-state index contributed by atoms with van der Waals surface area (Å²) in [5, 5.41) is 13.0. The topological polar surface area (TPSA) is 52.6 Å². The number of amides is 1. The summed E-state index contributed by atoms with van der Waals surface area (Å²) in [4.78, 5) is 13.7. The molecule has 1 fully saturated rings. The highest BCUT2D eigenvalue weighted by Gasteiger charge is 2.29. The summed E-state index contributed by atoms with van der Waals surface area (Å²) in [5.41, 5.74) is 0.542. The molecule has 1 aliphatic rings. The second-order valence-corrected chi connectivity index (χ2v) is 4.78. The number of carbonyl (C=O) groups excluding carboxylic acids is 1. The lowest BCUT2D eigenvalue weighted by molar-refractivity contribution is -0.129. The molecule has 2 rings (SSSR count). The lowest BCUT2D eigenvalue weighted by Crippen LogP contribution is -2.55.